The molecule has 0 spiro atoms. The minimum Gasteiger partial charge on any atom is -0.485 e. The molecule has 3 heterocycles. The lowest BCUT2D eigenvalue weighted by Gasteiger charge is -2.36. The van der Waals surface area contributed by atoms with Crippen LogP contribution in [0.4, 0.5) is 16.5 Å². The minimum atomic E-state index is -0.0970. The van der Waals surface area contributed by atoms with Gasteiger partial charge < -0.3 is 14.8 Å². The normalized spacial score (nSPS) is 14.2. The van der Waals surface area contributed by atoms with E-state index in [-0.39, 0.29) is 5.91 Å². The molecule has 0 radical (unpaired) electrons. The zero-order valence-corrected chi connectivity index (χ0v) is 21.8. The molecule has 0 unspecified atom stereocenters. The number of fused-ring (bicyclic) bond motifs is 1. The molecule has 190 valence electrons. The SMILES string of the molecule is C/C=C/C(=O)N(c1ccc2nc(Nc3cc(Cl)ccc3OCc3ccccn3)sc2c1)N1CCOCC1. The summed E-state index contributed by atoms with van der Waals surface area (Å²) in [6, 6.07) is 17.0. The van der Waals surface area contributed by atoms with E-state index in [0.29, 0.717) is 54.5 Å². The monoisotopic (exact) mass is 535 g/mol. The summed E-state index contributed by atoms with van der Waals surface area (Å²) in [5, 5.41) is 8.36. The summed E-state index contributed by atoms with van der Waals surface area (Å²) < 4.78 is 12.4. The predicted molar refractivity (Wildman–Crippen MR) is 148 cm³/mol. The number of carbonyl (C=O) groups excluding carboxylic acids is 1. The van der Waals surface area contributed by atoms with Gasteiger partial charge in [0.2, 0.25) is 0 Å². The number of carbonyl (C=O) groups is 1. The number of amides is 1. The molecule has 8 nitrogen and oxygen atoms in total. The highest BCUT2D eigenvalue weighted by Crippen LogP contribution is 2.36. The van der Waals surface area contributed by atoms with Crippen molar-refractivity contribution in [3.8, 4) is 5.75 Å². The van der Waals surface area contributed by atoms with Crippen molar-refractivity contribution in [3.05, 3.63) is 83.7 Å². The Kier molecular flexibility index (Phi) is 7.96. The molecular weight excluding hydrogens is 510 g/mol. The van der Waals surface area contributed by atoms with Gasteiger partial charge in [-0.15, -0.1) is 0 Å². The van der Waals surface area contributed by atoms with Crippen molar-refractivity contribution in [3.63, 3.8) is 0 Å². The van der Waals surface area contributed by atoms with Crippen LogP contribution in [0.2, 0.25) is 5.02 Å². The van der Waals surface area contributed by atoms with Gasteiger partial charge in [0.1, 0.15) is 12.4 Å². The number of ether oxygens (including phenoxy) is 2. The number of pyridine rings is 1. The summed E-state index contributed by atoms with van der Waals surface area (Å²) in [7, 11) is 0. The van der Waals surface area contributed by atoms with Crippen molar-refractivity contribution < 1.29 is 14.3 Å². The molecule has 0 bridgehead atoms. The lowest BCUT2D eigenvalue weighted by Crippen LogP contribution is -2.51. The first kappa shape index (κ1) is 25.2. The largest absolute Gasteiger partial charge is 0.485 e. The molecule has 1 fully saturated rings. The first-order valence-corrected chi connectivity index (χ1v) is 13.1. The average Bonchev–Trinajstić information content (AvgIpc) is 3.31. The van der Waals surface area contributed by atoms with Gasteiger partial charge in [0.25, 0.3) is 5.91 Å². The van der Waals surface area contributed by atoms with E-state index in [2.05, 4.69) is 10.3 Å². The van der Waals surface area contributed by atoms with Gasteiger partial charge in [-0.1, -0.05) is 35.1 Å². The molecule has 0 saturated carbocycles. The standard InChI is InChI=1S/C27H26ClN5O3S/c1-2-5-26(34)33(32-12-14-35-15-13-32)21-8-9-22-25(17-21)37-27(30-22)31-23-16-19(28)7-10-24(23)36-18-20-6-3-4-11-29-20/h2-11,16-17H,12-15,18H2,1H3,(H,30,31)/b5-2+. The Morgan fingerprint density at radius 2 is 2.08 bits per heavy atom. The van der Waals surface area contributed by atoms with Gasteiger partial charge in [0, 0.05) is 30.4 Å². The van der Waals surface area contributed by atoms with E-state index in [9.17, 15) is 4.79 Å². The zero-order valence-electron chi connectivity index (χ0n) is 20.3. The molecule has 0 aliphatic carbocycles. The van der Waals surface area contributed by atoms with E-state index in [4.69, 9.17) is 26.1 Å². The van der Waals surface area contributed by atoms with Crippen molar-refractivity contribution in [2.24, 2.45) is 0 Å². The van der Waals surface area contributed by atoms with Crippen LogP contribution in [0.25, 0.3) is 10.2 Å². The van der Waals surface area contributed by atoms with Crippen LogP contribution in [0.3, 0.4) is 0 Å². The van der Waals surface area contributed by atoms with Crippen LogP contribution in [0.5, 0.6) is 5.75 Å². The summed E-state index contributed by atoms with van der Waals surface area (Å²) in [5.41, 5.74) is 3.15. The quantitative estimate of drug-likeness (QED) is 0.285. The van der Waals surface area contributed by atoms with Crippen molar-refractivity contribution in [1.29, 1.82) is 0 Å². The van der Waals surface area contributed by atoms with Gasteiger partial charge >= 0.3 is 0 Å². The first-order chi connectivity index (χ1) is 18.1. The van der Waals surface area contributed by atoms with Gasteiger partial charge in [-0.25, -0.2) is 15.0 Å². The molecule has 1 amide bonds. The number of hydrogen-bond donors (Lipinski definition) is 1. The number of aromatic nitrogens is 2. The third kappa shape index (κ3) is 6.08. The zero-order chi connectivity index (χ0) is 25.6. The number of allylic oxidation sites excluding steroid dienone is 1. The fraction of sp³-hybridized carbons (Fsp3) is 0.222. The van der Waals surface area contributed by atoms with Crippen molar-refractivity contribution in [2.75, 3.05) is 36.6 Å². The van der Waals surface area contributed by atoms with Gasteiger partial charge in [0.15, 0.2) is 5.13 Å². The van der Waals surface area contributed by atoms with Crippen LogP contribution < -0.4 is 15.1 Å². The Labute approximate surface area is 224 Å². The van der Waals surface area contributed by atoms with Crippen molar-refractivity contribution in [2.45, 2.75) is 13.5 Å². The van der Waals surface area contributed by atoms with Crippen LogP contribution in [0.1, 0.15) is 12.6 Å². The second-order valence-electron chi connectivity index (χ2n) is 8.26. The number of hydrazine groups is 1. The highest BCUT2D eigenvalue weighted by Gasteiger charge is 2.24. The summed E-state index contributed by atoms with van der Waals surface area (Å²) >= 11 is 7.77. The number of rotatable bonds is 8. The molecular formula is C27H26ClN5O3S. The number of benzene rings is 2. The van der Waals surface area contributed by atoms with Crippen LogP contribution >= 0.6 is 22.9 Å². The maximum absolute atomic E-state index is 13.0. The maximum atomic E-state index is 13.0. The molecule has 0 atom stereocenters. The number of hydrogen-bond acceptors (Lipinski definition) is 8. The Bertz CT molecular complexity index is 1410. The number of thiazole rings is 1. The second kappa shape index (κ2) is 11.7. The number of nitrogens with zero attached hydrogens (tertiary/aromatic N) is 4. The summed E-state index contributed by atoms with van der Waals surface area (Å²) in [6.45, 7) is 4.63. The second-order valence-corrected chi connectivity index (χ2v) is 9.73. The molecule has 1 aliphatic rings. The van der Waals surface area contributed by atoms with E-state index >= 15 is 0 Å². The Morgan fingerprint density at radius 3 is 2.86 bits per heavy atom. The first-order valence-electron chi connectivity index (χ1n) is 11.9. The van der Waals surface area contributed by atoms with Gasteiger partial charge in [0.05, 0.1) is 40.5 Å². The molecule has 10 heteroatoms. The van der Waals surface area contributed by atoms with Crippen LogP contribution in [0.15, 0.2) is 72.9 Å². The summed E-state index contributed by atoms with van der Waals surface area (Å²) in [4.78, 5) is 22.0. The highest BCUT2D eigenvalue weighted by atomic mass is 35.5. The van der Waals surface area contributed by atoms with E-state index in [1.165, 1.54) is 11.3 Å². The third-order valence-electron chi connectivity index (χ3n) is 5.69. The molecule has 2 aromatic heterocycles. The number of anilines is 3. The lowest BCUT2D eigenvalue weighted by molar-refractivity contribution is -0.118. The van der Waals surface area contributed by atoms with Crippen molar-refractivity contribution >= 4 is 55.6 Å². The molecule has 5 rings (SSSR count). The van der Waals surface area contributed by atoms with E-state index in [1.807, 2.05) is 60.5 Å². The molecule has 1 saturated heterocycles. The van der Waals surface area contributed by atoms with E-state index in [0.717, 1.165) is 21.6 Å². The van der Waals surface area contributed by atoms with Gasteiger partial charge in [-0.3, -0.25) is 9.78 Å². The minimum absolute atomic E-state index is 0.0970. The molecule has 4 aromatic rings. The highest BCUT2D eigenvalue weighted by molar-refractivity contribution is 7.22. The van der Waals surface area contributed by atoms with Crippen LogP contribution in [0, 0.1) is 0 Å². The summed E-state index contributed by atoms with van der Waals surface area (Å²) in [5.74, 6) is 0.547. The smallest absolute Gasteiger partial charge is 0.265 e. The van der Waals surface area contributed by atoms with Crippen LogP contribution in [-0.4, -0.2) is 47.2 Å². The topological polar surface area (TPSA) is 79.8 Å². The Balaban J connectivity index is 1.40. The molecule has 2 aromatic carbocycles. The van der Waals surface area contributed by atoms with Gasteiger partial charge in [-0.05, 0) is 55.5 Å². The molecule has 1 N–H and O–H groups in total. The predicted octanol–water partition coefficient (Wildman–Crippen LogP) is 5.82. The van der Waals surface area contributed by atoms with E-state index in [1.54, 1.807) is 29.4 Å². The average molecular weight is 536 g/mol. The fourth-order valence-corrected chi connectivity index (χ4v) is 5.05. The molecule has 37 heavy (non-hydrogen) atoms. The van der Waals surface area contributed by atoms with Gasteiger partial charge in [-0.2, -0.15) is 0 Å². The number of morpholine rings is 1. The summed E-state index contributed by atoms with van der Waals surface area (Å²) in [6.07, 6.45) is 5.06. The number of nitrogens with one attached hydrogen (secondary N) is 1. The Hall–Kier alpha value is -3.50. The number of halogens is 1. The maximum Gasteiger partial charge on any atom is 0.265 e. The fourth-order valence-electron chi connectivity index (χ4n) is 3.97. The third-order valence-corrected chi connectivity index (χ3v) is 6.86. The van der Waals surface area contributed by atoms with E-state index < -0.39 is 0 Å². The van der Waals surface area contributed by atoms with Crippen LogP contribution in [-0.2, 0) is 16.1 Å². The Morgan fingerprint density at radius 1 is 1.22 bits per heavy atom. The lowest BCUT2D eigenvalue weighted by atomic mass is 10.2. The van der Waals surface area contributed by atoms with Crippen molar-refractivity contribution in [1.82, 2.24) is 15.0 Å². The molecule has 1 aliphatic heterocycles.